The molecule has 0 spiro atoms. The predicted octanol–water partition coefficient (Wildman–Crippen LogP) is 3.23. The Bertz CT molecular complexity index is 428. The summed E-state index contributed by atoms with van der Waals surface area (Å²) >= 11 is 0. The van der Waals surface area contributed by atoms with E-state index in [4.69, 9.17) is 0 Å². The first-order valence-electron chi connectivity index (χ1n) is 7.35. The monoisotopic (exact) mass is 262 g/mol. The average molecular weight is 262 g/mol. The summed E-state index contributed by atoms with van der Waals surface area (Å²) in [6.45, 7) is 11.9. The van der Waals surface area contributed by atoms with Gasteiger partial charge in [-0.05, 0) is 38.5 Å². The van der Waals surface area contributed by atoms with Crippen molar-refractivity contribution in [2.75, 3.05) is 29.9 Å². The zero-order valence-corrected chi connectivity index (χ0v) is 12.7. The van der Waals surface area contributed by atoms with E-state index in [9.17, 15) is 0 Å². The molecule has 1 N–H and O–H groups in total. The van der Waals surface area contributed by atoms with Crippen molar-refractivity contribution in [3.63, 3.8) is 0 Å². The molecule has 0 amide bonds. The van der Waals surface area contributed by atoms with Crippen molar-refractivity contribution < 1.29 is 0 Å². The van der Waals surface area contributed by atoms with Gasteiger partial charge in [0, 0.05) is 31.4 Å². The predicted molar refractivity (Wildman–Crippen MR) is 80.8 cm³/mol. The summed E-state index contributed by atoms with van der Waals surface area (Å²) in [5.74, 6) is 1.82. The first-order chi connectivity index (χ1) is 9.00. The summed E-state index contributed by atoms with van der Waals surface area (Å²) < 4.78 is 0. The van der Waals surface area contributed by atoms with Gasteiger partial charge in [-0.1, -0.05) is 13.8 Å². The Morgan fingerprint density at radius 3 is 2.79 bits per heavy atom. The third kappa shape index (κ3) is 3.82. The fraction of sp³-hybridized carbons (Fsp3) is 0.733. The highest BCUT2D eigenvalue weighted by Crippen LogP contribution is 2.31. The van der Waals surface area contributed by atoms with E-state index < -0.39 is 0 Å². The van der Waals surface area contributed by atoms with Gasteiger partial charge in [0.05, 0.1) is 0 Å². The summed E-state index contributed by atoms with van der Waals surface area (Å²) in [5, 5.41) is 3.21. The van der Waals surface area contributed by atoms with Gasteiger partial charge in [-0.15, -0.1) is 0 Å². The molecular weight excluding hydrogens is 236 g/mol. The topological polar surface area (TPSA) is 41.1 Å². The lowest BCUT2D eigenvalue weighted by atomic mass is 9.85. The summed E-state index contributed by atoms with van der Waals surface area (Å²) in [4.78, 5) is 11.5. The van der Waals surface area contributed by atoms with Crippen LogP contribution in [0.1, 0.15) is 45.7 Å². The molecule has 0 bridgehead atoms. The van der Waals surface area contributed by atoms with Crippen LogP contribution in [0.25, 0.3) is 0 Å². The maximum Gasteiger partial charge on any atom is 0.224 e. The highest BCUT2D eigenvalue weighted by Gasteiger charge is 2.23. The van der Waals surface area contributed by atoms with Gasteiger partial charge < -0.3 is 10.2 Å². The van der Waals surface area contributed by atoms with E-state index in [1.54, 1.807) is 0 Å². The minimum absolute atomic E-state index is 0.460. The summed E-state index contributed by atoms with van der Waals surface area (Å²) in [5.41, 5.74) is 1.49. The molecule has 0 unspecified atom stereocenters. The molecule has 0 atom stereocenters. The molecule has 2 rings (SSSR count). The van der Waals surface area contributed by atoms with E-state index in [-0.39, 0.29) is 0 Å². The van der Waals surface area contributed by atoms with Crippen molar-refractivity contribution in [2.24, 2.45) is 5.41 Å². The lowest BCUT2D eigenvalue weighted by Gasteiger charge is -2.24. The fourth-order valence-corrected chi connectivity index (χ4v) is 2.60. The minimum Gasteiger partial charge on any atom is -0.356 e. The summed E-state index contributed by atoms with van der Waals surface area (Å²) in [6.07, 6.45) is 3.77. The largest absolute Gasteiger partial charge is 0.356 e. The molecule has 1 fully saturated rings. The smallest absolute Gasteiger partial charge is 0.224 e. The van der Waals surface area contributed by atoms with Crippen molar-refractivity contribution in [2.45, 2.75) is 47.0 Å². The lowest BCUT2D eigenvalue weighted by molar-refractivity contribution is 0.325. The Balaban J connectivity index is 2.16. The molecule has 106 valence electrons. The number of nitrogens with one attached hydrogen (secondary N) is 1. The molecule has 4 nitrogen and oxygen atoms in total. The summed E-state index contributed by atoms with van der Waals surface area (Å²) in [6, 6.07) is 2.10. The molecular formula is C15H26N4. The number of aromatic nitrogens is 2. The standard InChI is InChI=1S/C15H26N4/c1-5-16-14-17-12(2)11-13(18-14)19-9-6-7-15(3,4)8-10-19/h11H,5-10H2,1-4H3,(H,16,17,18). The third-order valence-electron chi connectivity index (χ3n) is 3.84. The van der Waals surface area contributed by atoms with E-state index in [1.165, 1.54) is 19.3 Å². The third-order valence-corrected chi connectivity index (χ3v) is 3.84. The Morgan fingerprint density at radius 1 is 1.26 bits per heavy atom. The highest BCUT2D eigenvalue weighted by atomic mass is 15.2. The van der Waals surface area contributed by atoms with Gasteiger partial charge in [-0.2, -0.15) is 4.98 Å². The second-order valence-corrected chi connectivity index (χ2v) is 6.23. The van der Waals surface area contributed by atoms with Crippen molar-refractivity contribution in [3.05, 3.63) is 11.8 Å². The normalized spacial score (nSPS) is 19.1. The van der Waals surface area contributed by atoms with E-state index in [0.29, 0.717) is 5.41 Å². The number of nitrogens with zero attached hydrogens (tertiary/aromatic N) is 3. The van der Waals surface area contributed by atoms with Crippen molar-refractivity contribution in [1.29, 1.82) is 0 Å². The van der Waals surface area contributed by atoms with Crippen LogP contribution in [0, 0.1) is 12.3 Å². The SMILES string of the molecule is CCNc1nc(C)cc(N2CCCC(C)(C)CC2)n1. The van der Waals surface area contributed by atoms with Crippen LogP contribution in [0.15, 0.2) is 6.07 Å². The van der Waals surface area contributed by atoms with Crippen molar-refractivity contribution in [3.8, 4) is 0 Å². The van der Waals surface area contributed by atoms with Crippen LogP contribution in [0.5, 0.6) is 0 Å². The molecule has 1 aliphatic rings. The molecule has 1 aliphatic heterocycles. The van der Waals surface area contributed by atoms with Gasteiger partial charge in [0.15, 0.2) is 0 Å². The van der Waals surface area contributed by atoms with Crippen LogP contribution < -0.4 is 10.2 Å². The van der Waals surface area contributed by atoms with Crippen LogP contribution in [0.4, 0.5) is 11.8 Å². The molecule has 1 saturated heterocycles. The molecule has 1 aromatic heterocycles. The second-order valence-electron chi connectivity index (χ2n) is 6.23. The van der Waals surface area contributed by atoms with Crippen LogP contribution in [0.2, 0.25) is 0 Å². The number of aryl methyl sites for hydroxylation is 1. The number of anilines is 2. The molecule has 0 aromatic carbocycles. The molecule has 0 radical (unpaired) electrons. The second kappa shape index (κ2) is 5.76. The van der Waals surface area contributed by atoms with Crippen LogP contribution in [-0.2, 0) is 0 Å². The van der Waals surface area contributed by atoms with Gasteiger partial charge >= 0.3 is 0 Å². The van der Waals surface area contributed by atoms with E-state index in [0.717, 1.165) is 37.1 Å². The molecule has 0 saturated carbocycles. The molecule has 2 heterocycles. The minimum atomic E-state index is 0.460. The zero-order valence-electron chi connectivity index (χ0n) is 12.7. The van der Waals surface area contributed by atoms with Crippen molar-refractivity contribution in [1.82, 2.24) is 9.97 Å². The maximum atomic E-state index is 4.64. The van der Waals surface area contributed by atoms with E-state index >= 15 is 0 Å². The van der Waals surface area contributed by atoms with Crippen molar-refractivity contribution >= 4 is 11.8 Å². The van der Waals surface area contributed by atoms with Gasteiger partial charge in [0.25, 0.3) is 0 Å². The Labute approximate surface area is 116 Å². The van der Waals surface area contributed by atoms with Crippen LogP contribution in [0.3, 0.4) is 0 Å². The zero-order chi connectivity index (χ0) is 13.9. The Morgan fingerprint density at radius 2 is 2.05 bits per heavy atom. The van der Waals surface area contributed by atoms with Crippen LogP contribution >= 0.6 is 0 Å². The molecule has 4 heteroatoms. The average Bonchev–Trinajstić information content (AvgIpc) is 2.50. The first kappa shape index (κ1) is 14.1. The first-order valence-corrected chi connectivity index (χ1v) is 7.35. The Hall–Kier alpha value is -1.32. The maximum absolute atomic E-state index is 4.64. The number of rotatable bonds is 3. The fourth-order valence-electron chi connectivity index (χ4n) is 2.60. The lowest BCUT2D eigenvalue weighted by Crippen LogP contribution is -2.26. The van der Waals surface area contributed by atoms with Gasteiger partial charge in [0.2, 0.25) is 5.95 Å². The van der Waals surface area contributed by atoms with E-state index in [1.807, 2.05) is 6.92 Å². The number of hydrogen-bond acceptors (Lipinski definition) is 4. The molecule has 1 aromatic rings. The summed E-state index contributed by atoms with van der Waals surface area (Å²) in [7, 11) is 0. The quantitative estimate of drug-likeness (QED) is 0.908. The highest BCUT2D eigenvalue weighted by molar-refractivity contribution is 5.44. The molecule has 19 heavy (non-hydrogen) atoms. The number of hydrogen-bond donors (Lipinski definition) is 1. The van der Waals surface area contributed by atoms with Gasteiger partial charge in [0.1, 0.15) is 5.82 Å². The molecule has 0 aliphatic carbocycles. The van der Waals surface area contributed by atoms with E-state index in [2.05, 4.69) is 47.0 Å². The van der Waals surface area contributed by atoms with Gasteiger partial charge in [-0.3, -0.25) is 0 Å². The Kier molecular flexibility index (Phi) is 4.27. The van der Waals surface area contributed by atoms with Crippen LogP contribution in [-0.4, -0.2) is 29.6 Å². The van der Waals surface area contributed by atoms with Gasteiger partial charge in [-0.25, -0.2) is 4.98 Å².